The lowest BCUT2D eigenvalue weighted by atomic mass is 10.3. The van der Waals surface area contributed by atoms with E-state index in [1.807, 2.05) is 6.92 Å². The number of hydrogen-bond donors (Lipinski definition) is 3. The molecule has 0 aromatic carbocycles. The number of aliphatic hydroxyl groups is 1. The Hall–Kier alpha value is -0.870. The van der Waals surface area contributed by atoms with Gasteiger partial charge in [-0.1, -0.05) is 0 Å². The molecule has 0 aliphatic heterocycles. The first kappa shape index (κ1) is 8.23. The lowest BCUT2D eigenvalue weighted by Crippen LogP contribution is -2.18. The Balaban J connectivity index is 2.32. The first-order valence-electron chi connectivity index (χ1n) is 3.65. The molecule has 1 aromatic heterocycles. The molecule has 0 radical (unpaired) electrons. The minimum Gasteiger partial charge on any atom is -0.395 e. The molecule has 1 rings (SSSR count). The van der Waals surface area contributed by atoms with Crippen LogP contribution >= 0.6 is 0 Å². The highest BCUT2D eigenvalue weighted by Gasteiger charge is 1.97. The standard InChI is InChI=1S/C7H13N3O/c1-6-4-9-10-7(6)5-8-2-3-11/h4,8,11H,2-3,5H2,1H3,(H,9,10). The van der Waals surface area contributed by atoms with Crippen LogP contribution < -0.4 is 5.32 Å². The van der Waals surface area contributed by atoms with Gasteiger partial charge >= 0.3 is 0 Å². The first-order chi connectivity index (χ1) is 5.34. The van der Waals surface area contributed by atoms with E-state index in [-0.39, 0.29) is 6.61 Å². The fraction of sp³-hybridized carbons (Fsp3) is 0.571. The van der Waals surface area contributed by atoms with Gasteiger partial charge in [0.05, 0.1) is 18.5 Å². The van der Waals surface area contributed by atoms with E-state index in [1.54, 1.807) is 6.20 Å². The van der Waals surface area contributed by atoms with E-state index in [0.717, 1.165) is 17.8 Å². The molecule has 0 unspecified atom stereocenters. The van der Waals surface area contributed by atoms with E-state index < -0.39 is 0 Å². The van der Waals surface area contributed by atoms with Crippen molar-refractivity contribution in [2.45, 2.75) is 13.5 Å². The topological polar surface area (TPSA) is 60.9 Å². The van der Waals surface area contributed by atoms with E-state index in [4.69, 9.17) is 5.11 Å². The SMILES string of the molecule is Cc1cn[nH]c1CNCCO. The van der Waals surface area contributed by atoms with Crippen LogP contribution in [-0.2, 0) is 6.54 Å². The van der Waals surface area contributed by atoms with Crippen molar-refractivity contribution in [3.05, 3.63) is 17.5 Å². The predicted octanol–water partition coefficient (Wildman–Crippen LogP) is -0.200. The van der Waals surface area contributed by atoms with Gasteiger partial charge in [-0.15, -0.1) is 0 Å². The van der Waals surface area contributed by atoms with Crippen molar-refractivity contribution in [3.63, 3.8) is 0 Å². The van der Waals surface area contributed by atoms with Gasteiger partial charge in [0.2, 0.25) is 0 Å². The molecule has 3 N–H and O–H groups in total. The molecule has 0 spiro atoms. The van der Waals surface area contributed by atoms with Crippen molar-refractivity contribution in [2.24, 2.45) is 0 Å². The highest BCUT2D eigenvalue weighted by atomic mass is 16.3. The molecule has 1 heterocycles. The number of aromatic amines is 1. The monoisotopic (exact) mass is 155 g/mol. The third-order valence-corrected chi connectivity index (χ3v) is 1.52. The second kappa shape index (κ2) is 4.10. The molecule has 0 aliphatic rings. The molecule has 0 fully saturated rings. The average molecular weight is 155 g/mol. The van der Waals surface area contributed by atoms with Crippen molar-refractivity contribution in [1.29, 1.82) is 0 Å². The van der Waals surface area contributed by atoms with E-state index in [1.165, 1.54) is 0 Å². The van der Waals surface area contributed by atoms with E-state index in [0.29, 0.717) is 6.54 Å². The van der Waals surface area contributed by atoms with E-state index in [2.05, 4.69) is 15.5 Å². The van der Waals surface area contributed by atoms with Crippen molar-refractivity contribution in [1.82, 2.24) is 15.5 Å². The Morgan fingerprint density at radius 1 is 1.73 bits per heavy atom. The number of aromatic nitrogens is 2. The highest BCUT2D eigenvalue weighted by Crippen LogP contribution is 1.99. The Bertz CT molecular complexity index is 209. The number of aryl methyl sites for hydroxylation is 1. The summed E-state index contributed by atoms with van der Waals surface area (Å²) in [6.45, 7) is 3.54. The Morgan fingerprint density at radius 3 is 3.09 bits per heavy atom. The van der Waals surface area contributed by atoms with Crippen LogP contribution in [0.25, 0.3) is 0 Å². The van der Waals surface area contributed by atoms with Crippen LogP contribution in [0.5, 0.6) is 0 Å². The number of aliphatic hydroxyl groups excluding tert-OH is 1. The van der Waals surface area contributed by atoms with Gasteiger partial charge in [-0.05, 0) is 12.5 Å². The van der Waals surface area contributed by atoms with Crippen molar-refractivity contribution >= 4 is 0 Å². The minimum absolute atomic E-state index is 0.174. The molecule has 0 saturated carbocycles. The van der Waals surface area contributed by atoms with Gasteiger partial charge in [-0.2, -0.15) is 5.10 Å². The maximum absolute atomic E-state index is 8.48. The maximum atomic E-state index is 8.48. The summed E-state index contributed by atoms with van der Waals surface area (Å²) in [4.78, 5) is 0. The van der Waals surface area contributed by atoms with Gasteiger partial charge in [0.1, 0.15) is 0 Å². The molecular formula is C7H13N3O. The van der Waals surface area contributed by atoms with Crippen LogP contribution in [0.1, 0.15) is 11.3 Å². The first-order valence-corrected chi connectivity index (χ1v) is 3.65. The van der Waals surface area contributed by atoms with Gasteiger partial charge in [0, 0.05) is 13.1 Å². The van der Waals surface area contributed by atoms with Gasteiger partial charge in [-0.25, -0.2) is 0 Å². The van der Waals surface area contributed by atoms with Crippen LogP contribution in [0.2, 0.25) is 0 Å². The van der Waals surface area contributed by atoms with Gasteiger partial charge in [-0.3, -0.25) is 5.10 Å². The second-order valence-electron chi connectivity index (χ2n) is 2.43. The molecule has 62 valence electrons. The number of hydrogen-bond acceptors (Lipinski definition) is 3. The van der Waals surface area contributed by atoms with Crippen LogP contribution in [0, 0.1) is 6.92 Å². The van der Waals surface area contributed by atoms with Gasteiger partial charge in [0.25, 0.3) is 0 Å². The Morgan fingerprint density at radius 2 is 2.55 bits per heavy atom. The zero-order valence-electron chi connectivity index (χ0n) is 6.59. The average Bonchev–Trinajstić information content (AvgIpc) is 2.37. The van der Waals surface area contributed by atoms with Crippen LogP contribution in [0.4, 0.5) is 0 Å². The molecular weight excluding hydrogens is 142 g/mol. The van der Waals surface area contributed by atoms with Crippen LogP contribution in [0.15, 0.2) is 6.20 Å². The molecule has 0 bridgehead atoms. The molecule has 11 heavy (non-hydrogen) atoms. The number of H-pyrrole nitrogens is 1. The van der Waals surface area contributed by atoms with E-state index in [9.17, 15) is 0 Å². The lowest BCUT2D eigenvalue weighted by Gasteiger charge is -1.99. The molecule has 4 nitrogen and oxygen atoms in total. The fourth-order valence-electron chi connectivity index (χ4n) is 0.845. The molecule has 0 atom stereocenters. The van der Waals surface area contributed by atoms with Crippen molar-refractivity contribution < 1.29 is 5.11 Å². The fourth-order valence-corrected chi connectivity index (χ4v) is 0.845. The molecule has 0 saturated heterocycles. The predicted molar refractivity (Wildman–Crippen MR) is 42.1 cm³/mol. The summed E-state index contributed by atoms with van der Waals surface area (Å²) in [5.41, 5.74) is 2.23. The minimum atomic E-state index is 0.174. The summed E-state index contributed by atoms with van der Waals surface area (Å²) < 4.78 is 0. The van der Waals surface area contributed by atoms with Gasteiger partial charge in [0.15, 0.2) is 0 Å². The van der Waals surface area contributed by atoms with Crippen molar-refractivity contribution in [3.8, 4) is 0 Å². The number of rotatable bonds is 4. The summed E-state index contributed by atoms with van der Waals surface area (Å²) >= 11 is 0. The second-order valence-corrected chi connectivity index (χ2v) is 2.43. The van der Waals surface area contributed by atoms with Crippen LogP contribution in [-0.4, -0.2) is 28.5 Å². The third-order valence-electron chi connectivity index (χ3n) is 1.52. The Kier molecular flexibility index (Phi) is 3.07. The normalized spacial score (nSPS) is 10.4. The number of nitrogens with one attached hydrogen (secondary N) is 2. The zero-order valence-corrected chi connectivity index (χ0v) is 6.59. The lowest BCUT2D eigenvalue weighted by molar-refractivity contribution is 0.291. The smallest absolute Gasteiger partial charge is 0.0556 e. The molecule has 4 heteroatoms. The van der Waals surface area contributed by atoms with Crippen molar-refractivity contribution in [2.75, 3.05) is 13.2 Å². The summed E-state index contributed by atoms with van der Waals surface area (Å²) in [5.74, 6) is 0. The quantitative estimate of drug-likeness (QED) is 0.528. The molecule has 1 aromatic rings. The zero-order chi connectivity index (χ0) is 8.10. The van der Waals surface area contributed by atoms with Gasteiger partial charge < -0.3 is 10.4 Å². The number of nitrogens with zero attached hydrogens (tertiary/aromatic N) is 1. The Labute approximate surface area is 65.6 Å². The molecule has 0 amide bonds. The third kappa shape index (κ3) is 2.32. The summed E-state index contributed by atoms with van der Waals surface area (Å²) in [7, 11) is 0. The maximum Gasteiger partial charge on any atom is 0.0556 e. The largest absolute Gasteiger partial charge is 0.395 e. The highest BCUT2D eigenvalue weighted by molar-refractivity contribution is 5.13. The molecule has 0 aliphatic carbocycles. The van der Waals surface area contributed by atoms with Crippen LogP contribution in [0.3, 0.4) is 0 Å². The summed E-state index contributed by atoms with van der Waals surface area (Å²) in [6.07, 6.45) is 1.79. The summed E-state index contributed by atoms with van der Waals surface area (Å²) in [5, 5.41) is 18.3. The summed E-state index contributed by atoms with van der Waals surface area (Å²) in [6, 6.07) is 0. The van der Waals surface area contributed by atoms with E-state index >= 15 is 0 Å².